The number of aryl methyl sites for hydroxylation is 1. The Labute approximate surface area is 102 Å². The molecule has 1 aromatic carbocycles. The van der Waals surface area contributed by atoms with Crippen molar-refractivity contribution in [1.29, 1.82) is 0 Å². The molecular weight excluding hydrogens is 210 g/mol. The van der Waals surface area contributed by atoms with Gasteiger partial charge in [-0.2, -0.15) is 0 Å². The molecule has 3 nitrogen and oxygen atoms in total. The summed E-state index contributed by atoms with van der Waals surface area (Å²) in [6.07, 6.45) is 1.81. The molecule has 2 N–H and O–H groups in total. The number of hydrogen-bond donors (Lipinski definition) is 1. The van der Waals surface area contributed by atoms with Crippen molar-refractivity contribution < 1.29 is 0 Å². The Bertz CT molecular complexity index is 491. The Balaban J connectivity index is 2.30. The first-order valence-corrected chi connectivity index (χ1v) is 5.66. The van der Waals surface area contributed by atoms with Crippen molar-refractivity contribution in [1.82, 2.24) is 4.98 Å². The second kappa shape index (κ2) is 4.97. The fraction of sp³-hybridized carbons (Fsp3) is 0.214. The molecule has 0 unspecified atom stereocenters. The molecule has 0 radical (unpaired) electrons. The average Bonchev–Trinajstić information content (AvgIpc) is 2.39. The van der Waals surface area contributed by atoms with Crippen molar-refractivity contribution in [3.8, 4) is 0 Å². The van der Waals surface area contributed by atoms with Crippen molar-refractivity contribution in [2.24, 2.45) is 5.73 Å². The first kappa shape index (κ1) is 11.6. The maximum absolute atomic E-state index is 5.59. The zero-order chi connectivity index (χ0) is 12.3. The van der Waals surface area contributed by atoms with E-state index in [1.165, 1.54) is 0 Å². The Kier molecular flexibility index (Phi) is 3.40. The second-order valence-electron chi connectivity index (χ2n) is 4.07. The van der Waals surface area contributed by atoms with Crippen LogP contribution in [0.2, 0.25) is 0 Å². The van der Waals surface area contributed by atoms with Gasteiger partial charge in [0.2, 0.25) is 0 Å². The van der Waals surface area contributed by atoms with E-state index < -0.39 is 0 Å². The van der Waals surface area contributed by atoms with Gasteiger partial charge in [-0.1, -0.05) is 18.2 Å². The van der Waals surface area contributed by atoms with Gasteiger partial charge in [-0.05, 0) is 36.2 Å². The number of hydrogen-bond acceptors (Lipinski definition) is 3. The zero-order valence-electron chi connectivity index (χ0n) is 10.2. The van der Waals surface area contributed by atoms with Gasteiger partial charge in [0.15, 0.2) is 0 Å². The van der Waals surface area contributed by atoms with E-state index in [0.717, 1.165) is 22.6 Å². The molecule has 1 aromatic heterocycles. The highest BCUT2D eigenvalue weighted by Crippen LogP contribution is 2.24. The quantitative estimate of drug-likeness (QED) is 0.876. The lowest BCUT2D eigenvalue weighted by Gasteiger charge is -2.20. The molecule has 0 spiro atoms. The minimum absolute atomic E-state index is 0.576. The summed E-state index contributed by atoms with van der Waals surface area (Å²) < 4.78 is 0. The summed E-state index contributed by atoms with van der Waals surface area (Å²) >= 11 is 0. The standard InChI is InChI=1S/C14H17N3/c1-11-4-3-9-16-14(11)17(2)13-7-5-12(10-15)6-8-13/h3-9H,10,15H2,1-2H3. The van der Waals surface area contributed by atoms with Crippen molar-refractivity contribution in [3.63, 3.8) is 0 Å². The number of pyridine rings is 1. The largest absolute Gasteiger partial charge is 0.329 e. The molecule has 2 rings (SSSR count). The van der Waals surface area contributed by atoms with Gasteiger partial charge in [0, 0.05) is 25.5 Å². The number of rotatable bonds is 3. The highest BCUT2D eigenvalue weighted by molar-refractivity contribution is 5.61. The van der Waals surface area contributed by atoms with Gasteiger partial charge in [-0.3, -0.25) is 0 Å². The van der Waals surface area contributed by atoms with E-state index in [4.69, 9.17) is 5.73 Å². The van der Waals surface area contributed by atoms with Gasteiger partial charge < -0.3 is 10.6 Å². The molecule has 0 atom stereocenters. The Morgan fingerprint density at radius 3 is 2.47 bits per heavy atom. The minimum Gasteiger partial charge on any atom is -0.329 e. The number of nitrogens with two attached hydrogens (primary N) is 1. The molecule has 1 heterocycles. The van der Waals surface area contributed by atoms with Crippen LogP contribution in [0, 0.1) is 6.92 Å². The molecule has 0 bridgehead atoms. The summed E-state index contributed by atoms with van der Waals surface area (Å²) in [5.74, 6) is 0.980. The van der Waals surface area contributed by atoms with E-state index in [9.17, 15) is 0 Å². The molecule has 0 fully saturated rings. The highest BCUT2D eigenvalue weighted by atomic mass is 15.2. The van der Waals surface area contributed by atoms with Crippen LogP contribution in [-0.4, -0.2) is 12.0 Å². The fourth-order valence-corrected chi connectivity index (χ4v) is 1.81. The highest BCUT2D eigenvalue weighted by Gasteiger charge is 2.07. The maximum atomic E-state index is 5.59. The van der Waals surface area contributed by atoms with Crippen LogP contribution in [0.3, 0.4) is 0 Å². The van der Waals surface area contributed by atoms with Crippen molar-refractivity contribution in [2.45, 2.75) is 13.5 Å². The molecule has 0 aliphatic carbocycles. The monoisotopic (exact) mass is 227 g/mol. The lowest BCUT2D eigenvalue weighted by Crippen LogP contribution is -2.12. The maximum Gasteiger partial charge on any atom is 0.135 e. The van der Waals surface area contributed by atoms with E-state index in [0.29, 0.717) is 6.54 Å². The summed E-state index contributed by atoms with van der Waals surface area (Å²) in [5.41, 5.74) is 9.00. The third-order valence-corrected chi connectivity index (χ3v) is 2.86. The zero-order valence-corrected chi connectivity index (χ0v) is 10.2. The molecule has 3 heteroatoms. The number of nitrogens with zero attached hydrogens (tertiary/aromatic N) is 2. The first-order valence-electron chi connectivity index (χ1n) is 5.66. The first-order chi connectivity index (χ1) is 8.22. The van der Waals surface area contributed by atoms with Crippen LogP contribution in [0.5, 0.6) is 0 Å². The summed E-state index contributed by atoms with van der Waals surface area (Å²) in [4.78, 5) is 6.48. The van der Waals surface area contributed by atoms with Crippen LogP contribution in [0.1, 0.15) is 11.1 Å². The smallest absolute Gasteiger partial charge is 0.135 e. The van der Waals surface area contributed by atoms with Gasteiger partial charge in [0.25, 0.3) is 0 Å². The van der Waals surface area contributed by atoms with Crippen molar-refractivity contribution >= 4 is 11.5 Å². The summed E-state index contributed by atoms with van der Waals surface area (Å²) in [6.45, 7) is 2.64. The second-order valence-corrected chi connectivity index (χ2v) is 4.07. The molecule has 0 saturated heterocycles. The van der Waals surface area contributed by atoms with Crippen LogP contribution in [-0.2, 0) is 6.54 Å². The van der Waals surface area contributed by atoms with Gasteiger partial charge in [0.1, 0.15) is 5.82 Å². The molecule has 0 amide bonds. The normalized spacial score (nSPS) is 10.3. The van der Waals surface area contributed by atoms with E-state index in [1.54, 1.807) is 0 Å². The van der Waals surface area contributed by atoms with Gasteiger partial charge in [0.05, 0.1) is 0 Å². The van der Waals surface area contributed by atoms with Crippen molar-refractivity contribution in [3.05, 3.63) is 53.7 Å². The van der Waals surface area contributed by atoms with Crippen LogP contribution in [0.4, 0.5) is 11.5 Å². The van der Waals surface area contributed by atoms with E-state index in [1.807, 2.05) is 31.4 Å². The van der Waals surface area contributed by atoms with Gasteiger partial charge >= 0.3 is 0 Å². The SMILES string of the molecule is Cc1cccnc1N(C)c1ccc(CN)cc1. The molecular formula is C14H17N3. The predicted octanol–water partition coefficient (Wildman–Crippen LogP) is 2.62. The van der Waals surface area contributed by atoms with E-state index >= 15 is 0 Å². The van der Waals surface area contributed by atoms with E-state index in [2.05, 4.69) is 35.0 Å². The van der Waals surface area contributed by atoms with Crippen LogP contribution in [0.15, 0.2) is 42.6 Å². The molecule has 88 valence electrons. The van der Waals surface area contributed by atoms with Gasteiger partial charge in [-0.15, -0.1) is 0 Å². The van der Waals surface area contributed by atoms with Crippen LogP contribution in [0.25, 0.3) is 0 Å². The third-order valence-electron chi connectivity index (χ3n) is 2.86. The predicted molar refractivity (Wildman–Crippen MR) is 71.4 cm³/mol. The average molecular weight is 227 g/mol. The number of benzene rings is 1. The Morgan fingerprint density at radius 1 is 1.18 bits per heavy atom. The number of anilines is 2. The summed E-state index contributed by atoms with van der Waals surface area (Å²) in [7, 11) is 2.02. The molecule has 0 aliphatic rings. The summed E-state index contributed by atoms with van der Waals surface area (Å²) in [6, 6.07) is 12.2. The minimum atomic E-state index is 0.576. The lowest BCUT2D eigenvalue weighted by atomic mass is 10.2. The molecule has 0 saturated carbocycles. The number of aromatic nitrogens is 1. The Hall–Kier alpha value is -1.87. The van der Waals surface area contributed by atoms with Crippen molar-refractivity contribution in [2.75, 3.05) is 11.9 Å². The molecule has 0 aliphatic heterocycles. The molecule has 2 aromatic rings. The molecule has 17 heavy (non-hydrogen) atoms. The van der Waals surface area contributed by atoms with Crippen LogP contribution >= 0.6 is 0 Å². The lowest BCUT2D eigenvalue weighted by molar-refractivity contribution is 1.06. The van der Waals surface area contributed by atoms with Crippen LogP contribution < -0.4 is 10.6 Å². The summed E-state index contributed by atoms with van der Waals surface area (Å²) in [5, 5.41) is 0. The Morgan fingerprint density at radius 2 is 1.88 bits per heavy atom. The third kappa shape index (κ3) is 2.45. The topological polar surface area (TPSA) is 42.2 Å². The van der Waals surface area contributed by atoms with E-state index in [-0.39, 0.29) is 0 Å². The fourth-order valence-electron chi connectivity index (χ4n) is 1.81. The van der Waals surface area contributed by atoms with Gasteiger partial charge in [-0.25, -0.2) is 4.98 Å².